The largest absolute Gasteiger partial charge is 0.464 e. The summed E-state index contributed by atoms with van der Waals surface area (Å²) in [5, 5.41) is 21.4. The number of nitriles is 2. The Bertz CT molecular complexity index is 1220. The number of carbonyl (C=O) groups is 1. The third kappa shape index (κ3) is 4.64. The van der Waals surface area contributed by atoms with E-state index >= 15 is 0 Å². The molecule has 1 aromatic carbocycles. The van der Waals surface area contributed by atoms with E-state index < -0.39 is 11.1 Å². The van der Waals surface area contributed by atoms with Crippen LogP contribution in [-0.2, 0) is 4.79 Å². The molecule has 2 heterocycles. The predicted molar refractivity (Wildman–Crippen MR) is 116 cm³/mol. The number of nitrogens with one attached hydrogen (secondary N) is 1. The van der Waals surface area contributed by atoms with Crippen LogP contribution in [0.5, 0.6) is 0 Å². The number of benzene rings is 1. The zero-order chi connectivity index (χ0) is 22.5. The standard InChI is InChI=1S/C21H15ClFN5O2S/c1-2-17(20(29)27-11-5-6-15(23)14(22)8-11)31-21-13(10-25)18(16-4-3-7-30-16)12(9-24)19(26)28-21/h3-8,17H,2H2,1H3,(H2,26,28)(H,27,29). The van der Waals surface area contributed by atoms with Crippen LogP contribution in [0.15, 0.2) is 46.0 Å². The average molecular weight is 456 g/mol. The van der Waals surface area contributed by atoms with E-state index in [2.05, 4.69) is 10.3 Å². The monoisotopic (exact) mass is 455 g/mol. The Hall–Kier alpha value is -3.53. The Morgan fingerprint density at radius 3 is 2.68 bits per heavy atom. The fourth-order valence-corrected chi connectivity index (χ4v) is 4.00. The molecule has 0 radical (unpaired) electrons. The summed E-state index contributed by atoms with van der Waals surface area (Å²) in [7, 11) is 0. The first kappa shape index (κ1) is 22.2. The molecule has 0 bridgehead atoms. The maximum atomic E-state index is 13.4. The fourth-order valence-electron chi connectivity index (χ4n) is 2.80. The summed E-state index contributed by atoms with van der Waals surface area (Å²) < 4.78 is 18.7. The highest BCUT2D eigenvalue weighted by atomic mass is 35.5. The second-order valence-electron chi connectivity index (χ2n) is 6.26. The molecule has 1 unspecified atom stereocenters. The Morgan fingerprint density at radius 2 is 2.10 bits per heavy atom. The lowest BCUT2D eigenvalue weighted by molar-refractivity contribution is -0.115. The van der Waals surface area contributed by atoms with Crippen molar-refractivity contribution in [2.24, 2.45) is 0 Å². The second-order valence-corrected chi connectivity index (χ2v) is 7.86. The third-order valence-electron chi connectivity index (χ3n) is 4.29. The highest BCUT2D eigenvalue weighted by Crippen LogP contribution is 2.37. The summed E-state index contributed by atoms with van der Waals surface area (Å²) in [6.45, 7) is 1.79. The molecule has 156 valence electrons. The van der Waals surface area contributed by atoms with Gasteiger partial charge in [0, 0.05) is 5.69 Å². The Kier molecular flexibility index (Phi) is 6.81. The molecule has 10 heteroatoms. The van der Waals surface area contributed by atoms with Crippen LogP contribution in [0.25, 0.3) is 11.3 Å². The third-order valence-corrected chi connectivity index (χ3v) is 5.93. The van der Waals surface area contributed by atoms with Crippen LogP contribution in [0.4, 0.5) is 15.9 Å². The van der Waals surface area contributed by atoms with E-state index in [1.165, 1.54) is 18.4 Å². The molecule has 3 N–H and O–H groups in total. The van der Waals surface area contributed by atoms with E-state index in [0.29, 0.717) is 17.9 Å². The molecule has 0 fully saturated rings. The molecule has 0 saturated heterocycles. The summed E-state index contributed by atoms with van der Waals surface area (Å²) in [4.78, 5) is 17.0. The summed E-state index contributed by atoms with van der Waals surface area (Å²) >= 11 is 6.80. The number of nitrogens with two attached hydrogens (primary N) is 1. The lowest BCUT2D eigenvalue weighted by atomic mass is 10.0. The van der Waals surface area contributed by atoms with Crippen molar-refractivity contribution in [3.8, 4) is 23.5 Å². The Labute approximate surface area is 186 Å². The average Bonchev–Trinajstić information content (AvgIpc) is 3.28. The smallest absolute Gasteiger partial charge is 0.237 e. The van der Waals surface area contributed by atoms with E-state index in [4.69, 9.17) is 21.8 Å². The van der Waals surface area contributed by atoms with Gasteiger partial charge in [-0.25, -0.2) is 9.37 Å². The maximum Gasteiger partial charge on any atom is 0.237 e. The number of hydrogen-bond acceptors (Lipinski definition) is 7. The first-order valence-corrected chi connectivity index (χ1v) is 10.2. The van der Waals surface area contributed by atoms with E-state index in [0.717, 1.165) is 17.8 Å². The Balaban J connectivity index is 1.96. The molecule has 3 aromatic rings. The molecule has 0 aliphatic heterocycles. The minimum atomic E-state index is -0.653. The quantitative estimate of drug-likeness (QED) is 0.502. The van der Waals surface area contributed by atoms with Gasteiger partial charge in [0.15, 0.2) is 0 Å². The lowest BCUT2D eigenvalue weighted by Gasteiger charge is -2.17. The van der Waals surface area contributed by atoms with Crippen molar-refractivity contribution in [1.82, 2.24) is 4.98 Å². The van der Waals surface area contributed by atoms with Gasteiger partial charge in [0.1, 0.15) is 40.1 Å². The SMILES string of the molecule is CCC(Sc1nc(N)c(C#N)c(-c2ccco2)c1C#N)C(=O)Nc1ccc(F)c(Cl)c1. The summed E-state index contributed by atoms with van der Waals surface area (Å²) in [6, 6.07) is 11.1. The molecule has 0 spiro atoms. The molecule has 2 aromatic heterocycles. The maximum absolute atomic E-state index is 13.4. The summed E-state index contributed by atoms with van der Waals surface area (Å²) in [5.74, 6) is -0.760. The number of anilines is 2. The number of nitrogen functional groups attached to an aromatic ring is 1. The van der Waals surface area contributed by atoms with E-state index in [1.807, 2.05) is 12.1 Å². The van der Waals surface area contributed by atoms with Crippen molar-refractivity contribution in [1.29, 1.82) is 10.5 Å². The number of carbonyl (C=O) groups excluding carboxylic acids is 1. The zero-order valence-electron chi connectivity index (χ0n) is 16.1. The first-order valence-electron chi connectivity index (χ1n) is 8.99. The van der Waals surface area contributed by atoms with Crippen LogP contribution in [0.2, 0.25) is 5.02 Å². The normalized spacial score (nSPS) is 11.4. The highest BCUT2D eigenvalue weighted by molar-refractivity contribution is 8.00. The molecule has 31 heavy (non-hydrogen) atoms. The number of rotatable bonds is 6. The number of hydrogen-bond donors (Lipinski definition) is 2. The molecule has 1 amide bonds. The molecule has 1 atom stereocenters. The van der Waals surface area contributed by atoms with Gasteiger partial charge in [0.25, 0.3) is 0 Å². The van der Waals surface area contributed by atoms with Crippen molar-refractivity contribution in [2.75, 3.05) is 11.1 Å². The van der Waals surface area contributed by atoms with Crippen LogP contribution in [0.3, 0.4) is 0 Å². The summed E-state index contributed by atoms with van der Waals surface area (Å²) in [6.07, 6.45) is 1.81. The van der Waals surface area contributed by atoms with Crippen molar-refractivity contribution >= 4 is 40.8 Å². The molecule has 3 rings (SSSR count). The highest BCUT2D eigenvalue weighted by Gasteiger charge is 2.26. The van der Waals surface area contributed by atoms with Crippen LogP contribution in [-0.4, -0.2) is 16.1 Å². The molecule has 7 nitrogen and oxygen atoms in total. The van der Waals surface area contributed by atoms with Gasteiger partial charge in [-0.1, -0.05) is 30.3 Å². The Morgan fingerprint density at radius 1 is 1.35 bits per heavy atom. The van der Waals surface area contributed by atoms with Gasteiger partial charge in [-0.05, 0) is 36.8 Å². The zero-order valence-corrected chi connectivity index (χ0v) is 17.7. The van der Waals surface area contributed by atoms with Gasteiger partial charge in [0.05, 0.1) is 27.7 Å². The fraction of sp³-hybridized carbons (Fsp3) is 0.143. The van der Waals surface area contributed by atoms with Crippen molar-refractivity contribution in [3.05, 3.63) is 58.6 Å². The van der Waals surface area contributed by atoms with Crippen LogP contribution >= 0.6 is 23.4 Å². The van der Waals surface area contributed by atoms with Crippen molar-refractivity contribution < 1.29 is 13.6 Å². The lowest BCUT2D eigenvalue weighted by Crippen LogP contribution is -2.25. The molecule has 0 aliphatic rings. The minimum Gasteiger partial charge on any atom is -0.464 e. The number of thioether (sulfide) groups is 1. The van der Waals surface area contributed by atoms with Gasteiger partial charge >= 0.3 is 0 Å². The molecular weight excluding hydrogens is 441 g/mol. The number of furan rings is 1. The van der Waals surface area contributed by atoms with Gasteiger partial charge in [-0.15, -0.1) is 0 Å². The number of aromatic nitrogens is 1. The van der Waals surface area contributed by atoms with Crippen LogP contribution in [0.1, 0.15) is 24.5 Å². The first-order chi connectivity index (χ1) is 14.9. The van der Waals surface area contributed by atoms with Crippen molar-refractivity contribution in [2.45, 2.75) is 23.6 Å². The summed E-state index contributed by atoms with van der Waals surface area (Å²) in [5.41, 5.74) is 6.63. The number of nitrogens with zero attached hydrogens (tertiary/aromatic N) is 3. The van der Waals surface area contributed by atoms with Crippen LogP contribution < -0.4 is 11.1 Å². The van der Waals surface area contributed by atoms with Crippen LogP contribution in [0, 0.1) is 28.5 Å². The van der Waals surface area contributed by atoms with Gasteiger partial charge in [-0.2, -0.15) is 10.5 Å². The topological polar surface area (TPSA) is 129 Å². The minimum absolute atomic E-state index is 0.0225. The van der Waals surface area contributed by atoms with Gasteiger partial charge in [-0.3, -0.25) is 4.79 Å². The van der Waals surface area contributed by atoms with E-state index in [9.17, 15) is 19.7 Å². The van der Waals surface area contributed by atoms with E-state index in [1.54, 1.807) is 19.1 Å². The van der Waals surface area contributed by atoms with E-state index in [-0.39, 0.29) is 38.5 Å². The molecule has 0 aliphatic carbocycles. The van der Waals surface area contributed by atoms with Crippen molar-refractivity contribution in [3.63, 3.8) is 0 Å². The predicted octanol–water partition coefficient (Wildman–Crippen LogP) is 4.97. The number of amides is 1. The number of pyridine rings is 1. The van der Waals surface area contributed by atoms with Gasteiger partial charge < -0.3 is 15.5 Å². The number of halogens is 2. The second kappa shape index (κ2) is 9.52. The van der Waals surface area contributed by atoms with Gasteiger partial charge in [0.2, 0.25) is 5.91 Å². The molecule has 0 saturated carbocycles. The molecular formula is C21H15ClFN5O2S.